The van der Waals surface area contributed by atoms with Crippen molar-refractivity contribution in [3.8, 4) is 0 Å². The molecule has 0 amide bonds. The predicted molar refractivity (Wildman–Crippen MR) is 55.3 cm³/mol. The third-order valence-corrected chi connectivity index (χ3v) is 2.03. The molecule has 1 aromatic heterocycles. The highest BCUT2D eigenvalue weighted by Crippen LogP contribution is 1.94. The Morgan fingerprint density at radius 1 is 1.43 bits per heavy atom. The van der Waals surface area contributed by atoms with Crippen LogP contribution in [0.25, 0.3) is 0 Å². The van der Waals surface area contributed by atoms with Crippen molar-refractivity contribution >= 4 is 5.82 Å². The maximum atomic E-state index is 11.3. The van der Waals surface area contributed by atoms with Gasteiger partial charge >= 0.3 is 5.69 Å². The SMILES string of the molecule is CCCCCn1c(=O)cc(N)[nH]c1=O. The molecule has 14 heavy (non-hydrogen) atoms. The van der Waals surface area contributed by atoms with Crippen molar-refractivity contribution in [1.29, 1.82) is 0 Å². The topological polar surface area (TPSA) is 80.9 Å². The molecule has 0 aliphatic rings. The standard InChI is InChI=1S/C9H15N3O2/c1-2-3-4-5-12-8(13)6-7(10)11-9(12)14/h6H,2-5,10H2,1H3,(H,11,14). The van der Waals surface area contributed by atoms with Gasteiger partial charge in [0, 0.05) is 12.6 Å². The van der Waals surface area contributed by atoms with Gasteiger partial charge in [0.25, 0.3) is 5.56 Å². The average molecular weight is 197 g/mol. The fourth-order valence-corrected chi connectivity index (χ4v) is 1.27. The molecule has 5 nitrogen and oxygen atoms in total. The van der Waals surface area contributed by atoms with Crippen molar-refractivity contribution < 1.29 is 0 Å². The summed E-state index contributed by atoms with van der Waals surface area (Å²) in [4.78, 5) is 25.0. The van der Waals surface area contributed by atoms with Crippen molar-refractivity contribution in [1.82, 2.24) is 9.55 Å². The molecule has 0 bridgehead atoms. The van der Waals surface area contributed by atoms with Gasteiger partial charge in [0.2, 0.25) is 0 Å². The summed E-state index contributed by atoms with van der Waals surface area (Å²) in [5, 5.41) is 0. The number of hydrogen-bond acceptors (Lipinski definition) is 3. The van der Waals surface area contributed by atoms with Gasteiger partial charge in [-0.2, -0.15) is 0 Å². The van der Waals surface area contributed by atoms with E-state index >= 15 is 0 Å². The second kappa shape index (κ2) is 4.64. The lowest BCUT2D eigenvalue weighted by Crippen LogP contribution is -2.35. The lowest BCUT2D eigenvalue weighted by atomic mass is 10.2. The van der Waals surface area contributed by atoms with Gasteiger partial charge in [-0.05, 0) is 6.42 Å². The molecule has 0 aromatic carbocycles. The van der Waals surface area contributed by atoms with E-state index in [9.17, 15) is 9.59 Å². The molecule has 0 spiro atoms. The molecule has 0 saturated heterocycles. The molecule has 0 aliphatic carbocycles. The van der Waals surface area contributed by atoms with Crippen LogP contribution in [0, 0.1) is 0 Å². The second-order valence-electron chi connectivity index (χ2n) is 3.23. The molecule has 0 fully saturated rings. The van der Waals surface area contributed by atoms with Crippen molar-refractivity contribution in [3.63, 3.8) is 0 Å². The van der Waals surface area contributed by atoms with Crippen LogP contribution in [0.3, 0.4) is 0 Å². The molecule has 0 atom stereocenters. The largest absolute Gasteiger partial charge is 0.385 e. The van der Waals surface area contributed by atoms with E-state index in [1.165, 1.54) is 10.6 Å². The summed E-state index contributed by atoms with van der Waals surface area (Å²) in [6.45, 7) is 2.53. The lowest BCUT2D eigenvalue weighted by molar-refractivity contribution is 0.564. The number of rotatable bonds is 4. The highest BCUT2D eigenvalue weighted by molar-refractivity contribution is 5.23. The normalized spacial score (nSPS) is 10.4. The number of aromatic nitrogens is 2. The molecule has 5 heteroatoms. The van der Waals surface area contributed by atoms with Crippen LogP contribution in [-0.2, 0) is 6.54 Å². The molecule has 78 valence electrons. The van der Waals surface area contributed by atoms with E-state index in [4.69, 9.17) is 5.73 Å². The van der Waals surface area contributed by atoms with Crippen LogP contribution in [0.15, 0.2) is 15.7 Å². The zero-order valence-corrected chi connectivity index (χ0v) is 8.25. The Morgan fingerprint density at radius 2 is 2.14 bits per heavy atom. The van der Waals surface area contributed by atoms with Gasteiger partial charge < -0.3 is 5.73 Å². The second-order valence-corrected chi connectivity index (χ2v) is 3.23. The molecule has 1 aromatic rings. The van der Waals surface area contributed by atoms with Crippen molar-refractivity contribution in [2.45, 2.75) is 32.7 Å². The minimum atomic E-state index is -0.425. The Morgan fingerprint density at radius 3 is 2.71 bits per heavy atom. The Labute approximate surface area is 81.6 Å². The van der Waals surface area contributed by atoms with Crippen LogP contribution in [0.4, 0.5) is 5.82 Å². The van der Waals surface area contributed by atoms with Gasteiger partial charge in [-0.3, -0.25) is 14.3 Å². The molecule has 0 radical (unpaired) electrons. The maximum absolute atomic E-state index is 11.3. The predicted octanol–water partition coefficient (Wildman–Crippen LogP) is 0.309. The van der Waals surface area contributed by atoms with E-state index in [2.05, 4.69) is 11.9 Å². The van der Waals surface area contributed by atoms with Crippen molar-refractivity contribution in [2.75, 3.05) is 5.73 Å². The number of hydrogen-bond donors (Lipinski definition) is 2. The van der Waals surface area contributed by atoms with Crippen LogP contribution in [0.2, 0.25) is 0 Å². The first kappa shape index (κ1) is 10.6. The Balaban J connectivity index is 2.87. The summed E-state index contributed by atoms with van der Waals surface area (Å²) in [5.74, 6) is 0.117. The first-order valence-corrected chi connectivity index (χ1v) is 4.74. The minimum Gasteiger partial charge on any atom is -0.385 e. The van der Waals surface area contributed by atoms with Gasteiger partial charge in [-0.1, -0.05) is 19.8 Å². The fraction of sp³-hybridized carbons (Fsp3) is 0.556. The third-order valence-electron chi connectivity index (χ3n) is 2.03. The molecule has 0 saturated carbocycles. The Hall–Kier alpha value is -1.52. The summed E-state index contributed by atoms with van der Waals surface area (Å²) in [6, 6.07) is 1.23. The van der Waals surface area contributed by atoms with E-state index in [1.54, 1.807) is 0 Å². The fourth-order valence-electron chi connectivity index (χ4n) is 1.27. The van der Waals surface area contributed by atoms with Crippen LogP contribution in [0.1, 0.15) is 26.2 Å². The quantitative estimate of drug-likeness (QED) is 0.681. The van der Waals surface area contributed by atoms with E-state index < -0.39 is 5.69 Å². The summed E-state index contributed by atoms with van der Waals surface area (Å²) in [6.07, 6.45) is 2.90. The average Bonchev–Trinajstić information content (AvgIpc) is 2.09. The van der Waals surface area contributed by atoms with Crippen LogP contribution < -0.4 is 17.0 Å². The maximum Gasteiger partial charge on any atom is 0.329 e. The zero-order valence-electron chi connectivity index (χ0n) is 8.25. The molecule has 1 rings (SSSR count). The van der Waals surface area contributed by atoms with Gasteiger partial charge in [0.1, 0.15) is 5.82 Å². The number of H-pyrrole nitrogens is 1. The number of nitrogen functional groups attached to an aromatic ring is 1. The van der Waals surface area contributed by atoms with Crippen molar-refractivity contribution in [2.24, 2.45) is 0 Å². The number of anilines is 1. The molecular formula is C9H15N3O2. The Bertz CT molecular complexity index is 374. The third kappa shape index (κ3) is 2.48. The van der Waals surface area contributed by atoms with E-state index in [0.29, 0.717) is 6.54 Å². The molecular weight excluding hydrogens is 182 g/mol. The van der Waals surface area contributed by atoms with E-state index in [-0.39, 0.29) is 11.4 Å². The first-order chi connectivity index (χ1) is 6.65. The number of nitrogens with one attached hydrogen (secondary N) is 1. The molecule has 0 unspecified atom stereocenters. The highest BCUT2D eigenvalue weighted by atomic mass is 16.2. The van der Waals surface area contributed by atoms with Gasteiger partial charge in [0.15, 0.2) is 0 Å². The number of nitrogens with two attached hydrogens (primary N) is 1. The van der Waals surface area contributed by atoms with E-state index in [0.717, 1.165) is 19.3 Å². The summed E-state index contributed by atoms with van der Waals surface area (Å²) >= 11 is 0. The van der Waals surface area contributed by atoms with Crippen molar-refractivity contribution in [3.05, 3.63) is 26.9 Å². The monoisotopic (exact) mass is 197 g/mol. The van der Waals surface area contributed by atoms with Gasteiger partial charge in [-0.25, -0.2) is 4.79 Å². The van der Waals surface area contributed by atoms with Gasteiger partial charge in [-0.15, -0.1) is 0 Å². The number of aromatic amines is 1. The van der Waals surface area contributed by atoms with Crippen LogP contribution >= 0.6 is 0 Å². The van der Waals surface area contributed by atoms with Crippen LogP contribution in [0.5, 0.6) is 0 Å². The highest BCUT2D eigenvalue weighted by Gasteiger charge is 2.01. The zero-order chi connectivity index (χ0) is 10.6. The van der Waals surface area contributed by atoms with Crippen LogP contribution in [-0.4, -0.2) is 9.55 Å². The molecule has 3 N–H and O–H groups in total. The molecule has 0 aliphatic heterocycles. The first-order valence-electron chi connectivity index (χ1n) is 4.74. The minimum absolute atomic E-state index is 0.117. The summed E-state index contributed by atoms with van der Waals surface area (Å²) in [7, 11) is 0. The lowest BCUT2D eigenvalue weighted by Gasteiger charge is -2.03. The Kier molecular flexibility index (Phi) is 3.50. The summed E-state index contributed by atoms with van der Waals surface area (Å²) in [5.41, 5.74) is 4.56. The molecule has 1 heterocycles. The number of nitrogens with zero attached hydrogens (tertiary/aromatic N) is 1. The van der Waals surface area contributed by atoms with E-state index in [1.807, 2.05) is 0 Å². The van der Waals surface area contributed by atoms with Gasteiger partial charge in [0.05, 0.1) is 0 Å². The summed E-state index contributed by atoms with van der Waals surface area (Å²) < 4.78 is 1.17. The number of unbranched alkanes of at least 4 members (excludes halogenated alkanes) is 2. The smallest absolute Gasteiger partial charge is 0.329 e.